The van der Waals surface area contributed by atoms with Crippen LogP contribution in [0.4, 0.5) is 0 Å². The summed E-state index contributed by atoms with van der Waals surface area (Å²) in [6.07, 6.45) is 27.4. The lowest BCUT2D eigenvalue weighted by Gasteiger charge is -2.38. The summed E-state index contributed by atoms with van der Waals surface area (Å²) in [7, 11) is 4.91. The molecule has 1 heteroatoms. The topological polar surface area (TPSA) is 0 Å². The third kappa shape index (κ3) is 16.6. The third-order valence-electron chi connectivity index (χ3n) is 6.67. The molecule has 0 bridgehead atoms. The van der Waals surface area contributed by atoms with Gasteiger partial charge in [-0.25, -0.2) is 0 Å². The van der Waals surface area contributed by atoms with Gasteiger partial charge in [0, 0.05) is 0 Å². The first-order chi connectivity index (χ1) is 13.1. The smallest absolute Gasteiger partial charge is 0.0883 e. The molecule has 0 fully saturated rings. The zero-order valence-corrected chi connectivity index (χ0v) is 20.2. The molecule has 0 amide bonds. The second-order valence-corrected chi connectivity index (χ2v) is 9.66. The van der Waals surface area contributed by atoms with E-state index in [4.69, 9.17) is 0 Å². The van der Waals surface area contributed by atoms with E-state index in [1.807, 2.05) is 0 Å². The van der Waals surface area contributed by atoms with E-state index in [1.165, 1.54) is 133 Å². The molecule has 0 aliphatic heterocycles. The molecule has 0 spiro atoms. The summed E-state index contributed by atoms with van der Waals surface area (Å²) in [5.74, 6) is 0. The van der Waals surface area contributed by atoms with Gasteiger partial charge in [0.05, 0.1) is 26.7 Å². The molecule has 0 aliphatic carbocycles. The minimum atomic E-state index is 0.867. The van der Waals surface area contributed by atoms with Crippen molar-refractivity contribution in [2.75, 3.05) is 20.6 Å². The Morgan fingerprint density at radius 1 is 0.481 bits per heavy atom. The molecule has 0 rings (SSSR count). The largest absolute Gasteiger partial charge is 0.326 e. The van der Waals surface area contributed by atoms with Gasteiger partial charge in [0.15, 0.2) is 0 Å². The molecular weight excluding hydrogens is 326 g/mol. The van der Waals surface area contributed by atoms with Crippen LogP contribution >= 0.6 is 0 Å². The van der Waals surface area contributed by atoms with E-state index >= 15 is 0 Å². The first kappa shape index (κ1) is 27.0. The predicted molar refractivity (Wildman–Crippen MR) is 126 cm³/mol. The van der Waals surface area contributed by atoms with Gasteiger partial charge in [0.1, 0.15) is 0 Å². The maximum absolute atomic E-state index is 2.45. The van der Waals surface area contributed by atoms with Gasteiger partial charge >= 0.3 is 0 Å². The van der Waals surface area contributed by atoms with Gasteiger partial charge in [0.25, 0.3) is 0 Å². The highest BCUT2D eigenvalue weighted by molar-refractivity contribution is 4.56. The Morgan fingerprint density at radius 2 is 0.852 bits per heavy atom. The normalized spacial score (nSPS) is 13.2. The number of nitrogens with zero attached hydrogens (tertiary/aromatic N) is 1. The van der Waals surface area contributed by atoms with Gasteiger partial charge in [-0.05, 0) is 25.7 Å². The Bertz CT molecular complexity index is 284. The molecule has 0 aliphatic rings. The molecule has 0 saturated carbocycles. The number of quaternary nitrogens is 1. The van der Waals surface area contributed by atoms with Gasteiger partial charge < -0.3 is 4.48 Å². The molecular formula is C26H56N+. The molecule has 0 aromatic carbocycles. The molecule has 0 saturated heterocycles. The molecule has 1 atom stereocenters. The van der Waals surface area contributed by atoms with Crippen molar-refractivity contribution in [2.24, 2.45) is 0 Å². The maximum atomic E-state index is 2.45. The molecule has 0 heterocycles. The Morgan fingerprint density at radius 3 is 1.19 bits per heavy atom. The highest BCUT2D eigenvalue weighted by Gasteiger charge is 2.24. The summed E-state index contributed by atoms with van der Waals surface area (Å²) >= 11 is 0. The van der Waals surface area contributed by atoms with Gasteiger partial charge in [-0.3, -0.25) is 0 Å². The summed E-state index contributed by atoms with van der Waals surface area (Å²) in [4.78, 5) is 0. The maximum Gasteiger partial charge on any atom is 0.0883 e. The van der Waals surface area contributed by atoms with Crippen LogP contribution in [0.25, 0.3) is 0 Å². The monoisotopic (exact) mass is 382 g/mol. The summed E-state index contributed by atoms with van der Waals surface area (Å²) in [6.45, 7) is 8.37. The van der Waals surface area contributed by atoms with Crippen LogP contribution < -0.4 is 0 Å². The van der Waals surface area contributed by atoms with Crippen LogP contribution in [0.1, 0.15) is 143 Å². The van der Waals surface area contributed by atoms with Crippen LogP contribution in [-0.4, -0.2) is 31.2 Å². The van der Waals surface area contributed by atoms with Crippen LogP contribution in [0.3, 0.4) is 0 Å². The van der Waals surface area contributed by atoms with Crippen LogP contribution in [0, 0.1) is 0 Å². The molecule has 164 valence electrons. The molecule has 1 nitrogen and oxygen atoms in total. The molecule has 0 aromatic rings. The minimum absolute atomic E-state index is 0.867. The van der Waals surface area contributed by atoms with Crippen molar-refractivity contribution in [3.63, 3.8) is 0 Å². The number of unbranched alkanes of at least 4 members (excludes halogenated alkanes) is 15. The first-order valence-electron chi connectivity index (χ1n) is 12.9. The van der Waals surface area contributed by atoms with Crippen LogP contribution in [0.2, 0.25) is 0 Å². The van der Waals surface area contributed by atoms with E-state index in [-0.39, 0.29) is 0 Å². The van der Waals surface area contributed by atoms with Crippen molar-refractivity contribution in [3.05, 3.63) is 0 Å². The van der Waals surface area contributed by atoms with Crippen LogP contribution in [-0.2, 0) is 0 Å². The minimum Gasteiger partial charge on any atom is -0.326 e. The standard InChI is InChI=1S/C26H56N/c1-6-9-10-11-12-13-14-15-16-17-18-19-20-21-22-23-25-27(4,5)26(8-3)24-7-2/h26H,6-25H2,1-5H3/q+1. The first-order valence-corrected chi connectivity index (χ1v) is 12.9. The fourth-order valence-corrected chi connectivity index (χ4v) is 4.63. The van der Waals surface area contributed by atoms with E-state index in [2.05, 4.69) is 34.9 Å². The van der Waals surface area contributed by atoms with Crippen LogP contribution in [0.15, 0.2) is 0 Å². The molecule has 0 radical (unpaired) electrons. The summed E-state index contributed by atoms with van der Waals surface area (Å²) < 4.78 is 1.24. The molecule has 27 heavy (non-hydrogen) atoms. The van der Waals surface area contributed by atoms with Crippen molar-refractivity contribution in [1.82, 2.24) is 0 Å². The van der Waals surface area contributed by atoms with Crippen molar-refractivity contribution in [3.8, 4) is 0 Å². The Balaban J connectivity index is 3.33. The van der Waals surface area contributed by atoms with E-state index in [0.29, 0.717) is 0 Å². The highest BCUT2D eigenvalue weighted by Crippen LogP contribution is 2.18. The third-order valence-corrected chi connectivity index (χ3v) is 6.67. The van der Waals surface area contributed by atoms with Crippen molar-refractivity contribution in [1.29, 1.82) is 0 Å². The lowest BCUT2D eigenvalue weighted by atomic mass is 10.0. The average Bonchev–Trinajstić information content (AvgIpc) is 2.65. The number of hydrogen-bond acceptors (Lipinski definition) is 0. The summed E-state index contributed by atoms with van der Waals surface area (Å²) in [5.41, 5.74) is 0. The second kappa shape index (κ2) is 19.3. The lowest BCUT2D eigenvalue weighted by Crippen LogP contribution is -2.49. The van der Waals surface area contributed by atoms with Crippen molar-refractivity contribution >= 4 is 0 Å². The number of hydrogen-bond donors (Lipinski definition) is 0. The van der Waals surface area contributed by atoms with E-state index < -0.39 is 0 Å². The SMILES string of the molecule is CCCCCCCCCCCCCCCCCC[N+](C)(C)C(CC)CCC. The fourth-order valence-electron chi connectivity index (χ4n) is 4.63. The summed E-state index contributed by atoms with van der Waals surface area (Å²) in [6, 6.07) is 0.867. The van der Waals surface area contributed by atoms with Gasteiger partial charge in [0.2, 0.25) is 0 Å². The fraction of sp³-hybridized carbons (Fsp3) is 1.00. The van der Waals surface area contributed by atoms with Gasteiger partial charge in [-0.1, -0.05) is 117 Å². The average molecular weight is 383 g/mol. The molecule has 0 aromatic heterocycles. The quantitative estimate of drug-likeness (QED) is 0.137. The van der Waals surface area contributed by atoms with Gasteiger partial charge in [-0.15, -0.1) is 0 Å². The highest BCUT2D eigenvalue weighted by atomic mass is 15.3. The summed E-state index contributed by atoms with van der Waals surface area (Å²) in [5, 5.41) is 0. The van der Waals surface area contributed by atoms with Crippen LogP contribution in [0.5, 0.6) is 0 Å². The van der Waals surface area contributed by atoms with Crippen molar-refractivity contribution < 1.29 is 4.48 Å². The number of rotatable bonds is 21. The van der Waals surface area contributed by atoms with E-state index in [9.17, 15) is 0 Å². The van der Waals surface area contributed by atoms with E-state index in [0.717, 1.165) is 6.04 Å². The van der Waals surface area contributed by atoms with E-state index in [1.54, 1.807) is 0 Å². The Kier molecular flexibility index (Phi) is 19.3. The predicted octanol–water partition coefficient (Wildman–Crippen LogP) is 8.90. The lowest BCUT2D eigenvalue weighted by molar-refractivity contribution is -0.915. The van der Waals surface area contributed by atoms with Gasteiger partial charge in [-0.2, -0.15) is 0 Å². The zero-order chi connectivity index (χ0) is 20.2. The molecule has 1 unspecified atom stereocenters. The Labute approximate surface area is 174 Å². The van der Waals surface area contributed by atoms with Crippen molar-refractivity contribution in [2.45, 2.75) is 149 Å². The Hall–Kier alpha value is -0.0400. The second-order valence-electron chi connectivity index (χ2n) is 9.66. The molecule has 0 N–H and O–H groups in total. The zero-order valence-electron chi connectivity index (χ0n) is 20.2.